The largest absolute Gasteiger partial charge is 0.481 e. The molecule has 128 valence electrons. The van der Waals surface area contributed by atoms with E-state index < -0.39 is 5.97 Å². The standard InChI is InChI=1S/C17H19FN2O3S/c1-11-13(10-12-6-3-4-7-14(12)18)16(23)20(2)17(19-11)24-9-5-8-15(21)22/h3-4,6-7H,5,8-10H2,1-2H3,(H,21,22). The van der Waals surface area contributed by atoms with E-state index in [2.05, 4.69) is 4.98 Å². The molecule has 0 saturated carbocycles. The number of thioether (sulfide) groups is 1. The maximum absolute atomic E-state index is 13.8. The lowest BCUT2D eigenvalue weighted by atomic mass is 10.0. The van der Waals surface area contributed by atoms with Crippen LogP contribution in [0.1, 0.15) is 29.7 Å². The molecule has 2 rings (SSSR count). The predicted octanol–water partition coefficient (Wildman–Crippen LogP) is 2.78. The maximum atomic E-state index is 13.8. The van der Waals surface area contributed by atoms with Gasteiger partial charge in [0.2, 0.25) is 0 Å². The summed E-state index contributed by atoms with van der Waals surface area (Å²) in [5, 5.41) is 9.18. The summed E-state index contributed by atoms with van der Waals surface area (Å²) < 4.78 is 15.2. The number of benzene rings is 1. The van der Waals surface area contributed by atoms with Crippen LogP contribution in [-0.4, -0.2) is 26.4 Å². The van der Waals surface area contributed by atoms with E-state index in [9.17, 15) is 14.0 Å². The van der Waals surface area contributed by atoms with Gasteiger partial charge in [0.1, 0.15) is 5.82 Å². The minimum absolute atomic E-state index is 0.0886. The Morgan fingerprint density at radius 2 is 2.08 bits per heavy atom. The highest BCUT2D eigenvalue weighted by Gasteiger charge is 2.14. The predicted molar refractivity (Wildman–Crippen MR) is 91.0 cm³/mol. The molecule has 0 aliphatic carbocycles. The SMILES string of the molecule is Cc1nc(SCCCC(=O)O)n(C)c(=O)c1Cc1ccccc1F. The summed E-state index contributed by atoms with van der Waals surface area (Å²) >= 11 is 1.35. The van der Waals surface area contributed by atoms with Crippen molar-refractivity contribution < 1.29 is 14.3 Å². The van der Waals surface area contributed by atoms with Crippen LogP contribution in [-0.2, 0) is 18.3 Å². The van der Waals surface area contributed by atoms with Gasteiger partial charge in [-0.1, -0.05) is 30.0 Å². The first-order valence-corrected chi connectivity index (χ1v) is 8.53. The zero-order chi connectivity index (χ0) is 17.7. The van der Waals surface area contributed by atoms with E-state index in [1.165, 1.54) is 22.4 Å². The Kier molecular flexibility index (Phi) is 6.14. The number of rotatable bonds is 7. The van der Waals surface area contributed by atoms with Crippen LogP contribution in [0.3, 0.4) is 0 Å². The van der Waals surface area contributed by atoms with E-state index in [1.54, 1.807) is 32.2 Å². The van der Waals surface area contributed by atoms with Crippen molar-refractivity contribution in [2.75, 3.05) is 5.75 Å². The van der Waals surface area contributed by atoms with Gasteiger partial charge in [-0.05, 0) is 25.0 Å². The lowest BCUT2D eigenvalue weighted by molar-refractivity contribution is -0.137. The van der Waals surface area contributed by atoms with Crippen molar-refractivity contribution in [1.82, 2.24) is 9.55 Å². The quantitative estimate of drug-likeness (QED) is 0.472. The van der Waals surface area contributed by atoms with Gasteiger partial charge in [-0.25, -0.2) is 9.37 Å². The third kappa shape index (κ3) is 4.44. The van der Waals surface area contributed by atoms with Crippen molar-refractivity contribution in [3.05, 3.63) is 57.3 Å². The molecule has 0 fully saturated rings. The second-order valence-corrected chi connectivity index (χ2v) is 6.50. The van der Waals surface area contributed by atoms with E-state index in [4.69, 9.17) is 5.11 Å². The Balaban J connectivity index is 2.20. The normalized spacial score (nSPS) is 10.8. The van der Waals surface area contributed by atoms with Crippen LogP contribution in [0.2, 0.25) is 0 Å². The fourth-order valence-corrected chi connectivity index (χ4v) is 3.23. The second-order valence-electron chi connectivity index (χ2n) is 5.44. The number of nitrogens with zero attached hydrogens (tertiary/aromatic N) is 2. The van der Waals surface area contributed by atoms with E-state index in [-0.39, 0.29) is 24.2 Å². The minimum Gasteiger partial charge on any atom is -0.481 e. The topological polar surface area (TPSA) is 72.2 Å². The molecule has 0 aliphatic rings. The van der Waals surface area contributed by atoms with Crippen LogP contribution in [0.4, 0.5) is 4.39 Å². The molecule has 0 atom stereocenters. The molecule has 0 amide bonds. The number of carboxylic acids is 1. The van der Waals surface area contributed by atoms with E-state index in [1.807, 2.05) is 0 Å². The second kappa shape index (κ2) is 8.10. The summed E-state index contributed by atoms with van der Waals surface area (Å²) in [7, 11) is 1.62. The summed E-state index contributed by atoms with van der Waals surface area (Å²) in [6.07, 6.45) is 0.791. The zero-order valence-corrected chi connectivity index (χ0v) is 14.4. The van der Waals surface area contributed by atoms with Gasteiger partial charge in [0.25, 0.3) is 5.56 Å². The number of halogens is 1. The van der Waals surface area contributed by atoms with Gasteiger partial charge in [-0.2, -0.15) is 0 Å². The van der Waals surface area contributed by atoms with Gasteiger partial charge in [0.05, 0.1) is 0 Å². The molecule has 0 radical (unpaired) electrons. The van der Waals surface area contributed by atoms with Crippen LogP contribution in [0.15, 0.2) is 34.2 Å². The highest BCUT2D eigenvalue weighted by atomic mass is 32.2. The molecule has 2 aromatic rings. The molecule has 0 unspecified atom stereocenters. The van der Waals surface area contributed by atoms with E-state index in [0.717, 1.165) is 0 Å². The monoisotopic (exact) mass is 350 g/mol. The lowest BCUT2D eigenvalue weighted by Crippen LogP contribution is -2.26. The van der Waals surface area contributed by atoms with E-state index >= 15 is 0 Å². The lowest BCUT2D eigenvalue weighted by Gasteiger charge is -2.12. The van der Waals surface area contributed by atoms with Crippen molar-refractivity contribution in [2.45, 2.75) is 31.3 Å². The van der Waals surface area contributed by atoms with Gasteiger partial charge in [-0.15, -0.1) is 0 Å². The molecular formula is C17H19FN2O3S. The third-order valence-electron chi connectivity index (χ3n) is 3.64. The number of carbonyl (C=O) groups is 1. The average Bonchev–Trinajstić information content (AvgIpc) is 2.54. The Hall–Kier alpha value is -2.15. The first-order valence-electron chi connectivity index (χ1n) is 7.54. The summed E-state index contributed by atoms with van der Waals surface area (Å²) in [5.74, 6) is -0.612. The number of aromatic nitrogens is 2. The first-order chi connectivity index (χ1) is 11.4. The molecule has 1 aromatic carbocycles. The first kappa shape index (κ1) is 18.2. The van der Waals surface area contributed by atoms with Gasteiger partial charge in [0, 0.05) is 36.9 Å². The highest BCUT2D eigenvalue weighted by Crippen LogP contribution is 2.18. The Morgan fingerprint density at radius 3 is 2.75 bits per heavy atom. The number of hydrogen-bond donors (Lipinski definition) is 1. The Labute approximate surface area is 143 Å². The maximum Gasteiger partial charge on any atom is 0.303 e. The summed E-state index contributed by atoms with van der Waals surface area (Å²) in [6, 6.07) is 6.37. The van der Waals surface area contributed by atoms with Crippen LogP contribution in [0.5, 0.6) is 0 Å². The summed E-state index contributed by atoms with van der Waals surface area (Å²) in [6.45, 7) is 1.74. The number of aryl methyl sites for hydroxylation is 1. The molecular weight excluding hydrogens is 331 g/mol. The number of carboxylic acid groups (broad SMARTS) is 1. The number of aliphatic carboxylic acids is 1. The highest BCUT2D eigenvalue weighted by molar-refractivity contribution is 7.99. The third-order valence-corrected chi connectivity index (χ3v) is 4.76. The van der Waals surface area contributed by atoms with Gasteiger partial charge in [0.15, 0.2) is 5.16 Å². The van der Waals surface area contributed by atoms with Crippen molar-refractivity contribution in [1.29, 1.82) is 0 Å². The zero-order valence-electron chi connectivity index (χ0n) is 13.6. The Morgan fingerprint density at radius 1 is 1.38 bits per heavy atom. The number of hydrogen-bond acceptors (Lipinski definition) is 4. The molecule has 7 heteroatoms. The van der Waals surface area contributed by atoms with Gasteiger partial charge < -0.3 is 5.11 Å². The van der Waals surface area contributed by atoms with Crippen LogP contribution >= 0.6 is 11.8 Å². The molecule has 0 spiro atoms. The fourth-order valence-electron chi connectivity index (χ4n) is 2.28. The average molecular weight is 350 g/mol. The van der Waals surface area contributed by atoms with Crippen LogP contribution < -0.4 is 5.56 Å². The smallest absolute Gasteiger partial charge is 0.303 e. The van der Waals surface area contributed by atoms with E-state index in [0.29, 0.717) is 34.2 Å². The van der Waals surface area contributed by atoms with Crippen molar-refractivity contribution in [3.8, 4) is 0 Å². The molecule has 24 heavy (non-hydrogen) atoms. The van der Waals surface area contributed by atoms with Gasteiger partial charge in [-0.3, -0.25) is 14.2 Å². The molecule has 5 nitrogen and oxygen atoms in total. The van der Waals surface area contributed by atoms with Crippen molar-refractivity contribution in [3.63, 3.8) is 0 Å². The summed E-state index contributed by atoms with van der Waals surface area (Å²) in [5.41, 5.74) is 1.30. The fraction of sp³-hybridized carbons (Fsp3) is 0.353. The molecule has 0 saturated heterocycles. The van der Waals surface area contributed by atoms with Crippen molar-refractivity contribution in [2.24, 2.45) is 7.05 Å². The van der Waals surface area contributed by atoms with Crippen LogP contribution in [0.25, 0.3) is 0 Å². The van der Waals surface area contributed by atoms with Crippen LogP contribution in [0, 0.1) is 12.7 Å². The summed E-state index contributed by atoms with van der Waals surface area (Å²) in [4.78, 5) is 27.5. The molecule has 0 aliphatic heterocycles. The molecule has 1 N–H and O–H groups in total. The molecule has 1 aromatic heterocycles. The molecule has 1 heterocycles. The van der Waals surface area contributed by atoms with Gasteiger partial charge >= 0.3 is 5.97 Å². The minimum atomic E-state index is -0.839. The Bertz CT molecular complexity index is 805. The van der Waals surface area contributed by atoms with Crippen molar-refractivity contribution >= 4 is 17.7 Å². The molecule has 0 bridgehead atoms.